The van der Waals surface area contributed by atoms with Crippen LogP contribution in [0.25, 0.3) is 0 Å². The molecule has 28 heavy (non-hydrogen) atoms. The van der Waals surface area contributed by atoms with E-state index in [1.54, 1.807) is 0 Å². The maximum absolute atomic E-state index is 12.0. The summed E-state index contributed by atoms with van der Waals surface area (Å²) in [7, 11) is 0. The number of ether oxygens (including phenoxy) is 2. The summed E-state index contributed by atoms with van der Waals surface area (Å²) in [6, 6.07) is 5.77. The Morgan fingerprint density at radius 1 is 0.786 bits per heavy atom. The van der Waals surface area contributed by atoms with Gasteiger partial charge in [-0.3, -0.25) is 9.59 Å². The van der Waals surface area contributed by atoms with Crippen LogP contribution >= 0.6 is 0 Å². The van der Waals surface area contributed by atoms with Crippen LogP contribution in [0.4, 0.5) is 0 Å². The third-order valence-electron chi connectivity index (χ3n) is 5.05. The van der Waals surface area contributed by atoms with Crippen LogP contribution in [0.15, 0.2) is 18.2 Å². The summed E-state index contributed by atoms with van der Waals surface area (Å²) >= 11 is 0. The van der Waals surface area contributed by atoms with Crippen molar-refractivity contribution in [1.29, 1.82) is 0 Å². The molecule has 0 saturated heterocycles. The van der Waals surface area contributed by atoms with E-state index in [0.29, 0.717) is 25.2 Å². The average Bonchev–Trinajstić information content (AvgIpc) is 2.67. The lowest BCUT2D eigenvalue weighted by molar-refractivity contribution is -0.144. The van der Waals surface area contributed by atoms with Gasteiger partial charge in [0.25, 0.3) is 0 Å². The summed E-state index contributed by atoms with van der Waals surface area (Å²) in [5, 5.41) is 0. The number of carbonyl (C=O) groups is 2. The normalized spacial score (nSPS) is 10.7. The third kappa shape index (κ3) is 11.1. The van der Waals surface area contributed by atoms with Crippen molar-refractivity contribution in [2.24, 2.45) is 0 Å². The number of esters is 2. The summed E-state index contributed by atoms with van der Waals surface area (Å²) in [5.74, 6) is 0.448. The second-order valence-electron chi connectivity index (χ2n) is 7.57. The zero-order valence-corrected chi connectivity index (χ0v) is 18.1. The van der Waals surface area contributed by atoms with Crippen molar-refractivity contribution in [3.05, 3.63) is 29.3 Å². The molecule has 158 valence electrons. The first-order valence-corrected chi connectivity index (χ1v) is 11.0. The van der Waals surface area contributed by atoms with Crippen LogP contribution in [0.2, 0.25) is 0 Å². The van der Waals surface area contributed by atoms with Gasteiger partial charge in [-0.05, 0) is 50.3 Å². The van der Waals surface area contributed by atoms with E-state index in [1.165, 1.54) is 12.8 Å². The van der Waals surface area contributed by atoms with Gasteiger partial charge in [0.15, 0.2) is 0 Å². The van der Waals surface area contributed by atoms with E-state index >= 15 is 0 Å². The van der Waals surface area contributed by atoms with Crippen molar-refractivity contribution < 1.29 is 19.1 Å². The Hall–Kier alpha value is -1.84. The first kappa shape index (κ1) is 24.2. The minimum atomic E-state index is -0.157. The molecular weight excluding hydrogens is 352 g/mol. The van der Waals surface area contributed by atoms with Gasteiger partial charge in [0.1, 0.15) is 5.75 Å². The van der Waals surface area contributed by atoms with Crippen LogP contribution in [0.1, 0.15) is 95.1 Å². The zero-order chi connectivity index (χ0) is 20.6. The number of hydrogen-bond acceptors (Lipinski definition) is 4. The molecule has 0 unspecified atom stereocenters. The largest absolute Gasteiger partial charge is 0.466 e. The number of benzene rings is 1. The van der Waals surface area contributed by atoms with Gasteiger partial charge in [-0.25, -0.2) is 0 Å². The van der Waals surface area contributed by atoms with Crippen molar-refractivity contribution in [3.8, 4) is 5.75 Å². The topological polar surface area (TPSA) is 52.6 Å². The van der Waals surface area contributed by atoms with E-state index < -0.39 is 0 Å². The highest BCUT2D eigenvalue weighted by molar-refractivity contribution is 5.72. The van der Waals surface area contributed by atoms with E-state index in [2.05, 4.69) is 6.92 Å². The van der Waals surface area contributed by atoms with Gasteiger partial charge in [-0.15, -0.1) is 0 Å². The maximum Gasteiger partial charge on any atom is 0.311 e. The highest BCUT2D eigenvalue weighted by Crippen LogP contribution is 2.21. The standard InChI is InChI=1S/C24H38O4/c1-4-5-6-13-19-27-23(25)17-11-9-7-8-10-12-18-24(26)28-22-16-14-15-20(2)21(22)3/h14-16H,4-13,17-19H2,1-3H3. The quantitative estimate of drug-likeness (QED) is 0.196. The summed E-state index contributed by atoms with van der Waals surface area (Å²) in [5.41, 5.74) is 2.15. The number of carbonyl (C=O) groups excluding carboxylic acids is 2. The Bertz CT molecular complexity index is 580. The Morgan fingerprint density at radius 3 is 2.07 bits per heavy atom. The molecule has 0 N–H and O–H groups in total. The molecule has 0 atom stereocenters. The maximum atomic E-state index is 12.0. The van der Waals surface area contributed by atoms with Crippen LogP contribution < -0.4 is 4.74 Å². The fourth-order valence-electron chi connectivity index (χ4n) is 3.04. The van der Waals surface area contributed by atoms with Crippen molar-refractivity contribution in [2.45, 2.75) is 97.8 Å². The number of aryl methyl sites for hydroxylation is 1. The Kier molecular flexibility index (Phi) is 13.1. The van der Waals surface area contributed by atoms with Gasteiger partial charge in [0, 0.05) is 12.8 Å². The smallest absolute Gasteiger partial charge is 0.311 e. The number of rotatable bonds is 15. The molecule has 1 aromatic carbocycles. The van der Waals surface area contributed by atoms with Gasteiger partial charge in [-0.2, -0.15) is 0 Å². The predicted octanol–water partition coefficient (Wildman–Crippen LogP) is 6.45. The second-order valence-corrected chi connectivity index (χ2v) is 7.57. The van der Waals surface area contributed by atoms with Gasteiger partial charge in [0.2, 0.25) is 0 Å². The van der Waals surface area contributed by atoms with Crippen LogP contribution in [-0.4, -0.2) is 18.5 Å². The molecular formula is C24H38O4. The summed E-state index contributed by atoms with van der Waals surface area (Å²) in [6.45, 7) is 6.72. The van der Waals surface area contributed by atoms with E-state index in [-0.39, 0.29) is 11.9 Å². The third-order valence-corrected chi connectivity index (χ3v) is 5.05. The van der Waals surface area contributed by atoms with Gasteiger partial charge >= 0.3 is 11.9 Å². The van der Waals surface area contributed by atoms with Gasteiger partial charge in [-0.1, -0.05) is 64.0 Å². The lowest BCUT2D eigenvalue weighted by atomic mass is 10.1. The fraction of sp³-hybridized carbons (Fsp3) is 0.667. The minimum absolute atomic E-state index is 0.0642. The molecule has 0 bridgehead atoms. The van der Waals surface area contributed by atoms with Crippen molar-refractivity contribution in [3.63, 3.8) is 0 Å². The summed E-state index contributed by atoms with van der Waals surface area (Å²) in [4.78, 5) is 23.6. The highest BCUT2D eigenvalue weighted by Gasteiger charge is 2.08. The molecule has 0 spiro atoms. The molecule has 1 aromatic rings. The summed E-state index contributed by atoms with van der Waals surface area (Å²) in [6.07, 6.45) is 11.5. The molecule has 0 aliphatic rings. The molecule has 0 aliphatic heterocycles. The van der Waals surface area contributed by atoms with Crippen LogP contribution in [0, 0.1) is 13.8 Å². The molecule has 0 aromatic heterocycles. The number of unbranched alkanes of at least 4 members (excludes halogenated alkanes) is 8. The van der Waals surface area contributed by atoms with E-state index in [4.69, 9.17) is 9.47 Å². The Labute approximate surface area is 171 Å². The van der Waals surface area contributed by atoms with Crippen molar-refractivity contribution >= 4 is 11.9 Å². The monoisotopic (exact) mass is 390 g/mol. The minimum Gasteiger partial charge on any atom is -0.466 e. The van der Waals surface area contributed by atoms with Crippen molar-refractivity contribution in [1.82, 2.24) is 0 Å². The van der Waals surface area contributed by atoms with Gasteiger partial charge in [0.05, 0.1) is 6.61 Å². The van der Waals surface area contributed by atoms with Crippen LogP contribution in [0.3, 0.4) is 0 Å². The zero-order valence-electron chi connectivity index (χ0n) is 18.1. The number of hydrogen-bond donors (Lipinski definition) is 0. The Balaban J connectivity index is 1.96. The molecule has 4 heteroatoms. The van der Waals surface area contributed by atoms with E-state index in [0.717, 1.165) is 62.5 Å². The molecule has 4 nitrogen and oxygen atoms in total. The highest BCUT2D eigenvalue weighted by atomic mass is 16.5. The molecule has 0 amide bonds. The molecule has 0 fully saturated rings. The molecule has 0 heterocycles. The molecule has 1 rings (SSSR count). The van der Waals surface area contributed by atoms with E-state index in [9.17, 15) is 9.59 Å². The second kappa shape index (κ2) is 15.1. The first-order chi connectivity index (χ1) is 13.5. The van der Waals surface area contributed by atoms with Gasteiger partial charge < -0.3 is 9.47 Å². The molecule has 0 radical (unpaired) electrons. The first-order valence-electron chi connectivity index (χ1n) is 11.0. The van der Waals surface area contributed by atoms with Crippen molar-refractivity contribution in [2.75, 3.05) is 6.61 Å². The Morgan fingerprint density at radius 2 is 1.39 bits per heavy atom. The lowest BCUT2D eigenvalue weighted by Gasteiger charge is -2.09. The average molecular weight is 391 g/mol. The summed E-state index contributed by atoms with van der Waals surface area (Å²) < 4.78 is 10.7. The molecule has 0 aliphatic carbocycles. The fourth-order valence-corrected chi connectivity index (χ4v) is 3.04. The lowest BCUT2D eigenvalue weighted by Crippen LogP contribution is -2.08. The predicted molar refractivity (Wildman–Crippen MR) is 114 cm³/mol. The van der Waals surface area contributed by atoms with Crippen LogP contribution in [-0.2, 0) is 14.3 Å². The van der Waals surface area contributed by atoms with Crippen LogP contribution in [0.5, 0.6) is 5.75 Å². The molecule has 0 saturated carbocycles. The SMILES string of the molecule is CCCCCCOC(=O)CCCCCCCCC(=O)Oc1cccc(C)c1C. The van der Waals surface area contributed by atoms with E-state index in [1.807, 2.05) is 32.0 Å².